The number of halogens is 2. The molecule has 2 rings (SSSR count). The summed E-state index contributed by atoms with van der Waals surface area (Å²) in [5, 5.41) is 20.1. The second-order valence-electron chi connectivity index (χ2n) is 3.87. The van der Waals surface area contributed by atoms with Crippen LogP contribution in [0.5, 0.6) is 0 Å². The standard InChI is InChI=1S/C12H11BrFNO3/c13-7-3-4-8(14)9-6(2-1-5-16)10(12(17)18)15-11(7)9/h3-4,15-16H,1-2,5H2,(H,17,18)/p-1. The van der Waals surface area contributed by atoms with Crippen LogP contribution >= 0.6 is 15.9 Å². The van der Waals surface area contributed by atoms with Crippen LogP contribution in [0.15, 0.2) is 16.6 Å². The molecule has 4 nitrogen and oxygen atoms in total. The van der Waals surface area contributed by atoms with E-state index in [9.17, 15) is 14.3 Å². The third-order valence-electron chi connectivity index (χ3n) is 2.75. The Bertz CT molecular complexity index is 609. The first-order valence-corrected chi connectivity index (χ1v) is 6.16. The van der Waals surface area contributed by atoms with E-state index in [1.54, 1.807) is 0 Å². The maximum atomic E-state index is 13.8. The molecule has 6 heteroatoms. The lowest BCUT2D eigenvalue weighted by molar-refractivity contribution is -0.255. The second-order valence-corrected chi connectivity index (χ2v) is 4.73. The zero-order valence-corrected chi connectivity index (χ0v) is 10.9. The van der Waals surface area contributed by atoms with Crippen LogP contribution < -0.4 is 5.11 Å². The number of rotatable bonds is 4. The van der Waals surface area contributed by atoms with Gasteiger partial charge in [0.2, 0.25) is 0 Å². The predicted octanol–water partition coefficient (Wildman–Crippen LogP) is 1.36. The van der Waals surface area contributed by atoms with E-state index in [1.807, 2.05) is 0 Å². The molecule has 0 spiro atoms. The fourth-order valence-electron chi connectivity index (χ4n) is 1.97. The fraction of sp³-hybridized carbons (Fsp3) is 0.250. The summed E-state index contributed by atoms with van der Waals surface area (Å²) in [5.41, 5.74) is 0.587. The Kier molecular flexibility index (Phi) is 3.68. The maximum absolute atomic E-state index is 13.8. The molecule has 0 unspecified atom stereocenters. The summed E-state index contributed by atoms with van der Waals surface area (Å²) in [7, 11) is 0. The Balaban J connectivity index is 2.72. The van der Waals surface area contributed by atoms with Gasteiger partial charge in [0.15, 0.2) is 0 Å². The van der Waals surface area contributed by atoms with Crippen molar-refractivity contribution in [1.29, 1.82) is 0 Å². The number of aliphatic hydroxyl groups excluding tert-OH is 1. The van der Waals surface area contributed by atoms with Crippen LogP contribution in [0.2, 0.25) is 0 Å². The Hall–Kier alpha value is -1.40. The van der Waals surface area contributed by atoms with E-state index >= 15 is 0 Å². The third-order valence-corrected chi connectivity index (χ3v) is 3.41. The highest BCUT2D eigenvalue weighted by atomic mass is 79.9. The average Bonchev–Trinajstić information content (AvgIpc) is 2.72. The van der Waals surface area contributed by atoms with Gasteiger partial charge >= 0.3 is 0 Å². The normalized spacial score (nSPS) is 11.1. The SMILES string of the molecule is O=C([O-])c1[nH]c2c(Br)ccc(F)c2c1CCCO. The quantitative estimate of drug-likeness (QED) is 0.894. The number of carbonyl (C=O) groups is 1. The molecule has 96 valence electrons. The van der Waals surface area contributed by atoms with E-state index in [4.69, 9.17) is 5.11 Å². The predicted molar refractivity (Wildman–Crippen MR) is 65.7 cm³/mol. The number of aryl methyl sites for hydroxylation is 1. The van der Waals surface area contributed by atoms with Crippen molar-refractivity contribution in [3.63, 3.8) is 0 Å². The maximum Gasteiger partial charge on any atom is 0.132 e. The van der Waals surface area contributed by atoms with Gasteiger partial charge in [-0.25, -0.2) is 4.39 Å². The lowest BCUT2D eigenvalue weighted by atomic mass is 10.1. The summed E-state index contributed by atoms with van der Waals surface area (Å²) in [5.74, 6) is -1.88. The van der Waals surface area contributed by atoms with Crippen molar-refractivity contribution in [1.82, 2.24) is 4.98 Å². The van der Waals surface area contributed by atoms with Gasteiger partial charge in [-0.2, -0.15) is 0 Å². The molecule has 18 heavy (non-hydrogen) atoms. The van der Waals surface area contributed by atoms with Crippen LogP contribution in [0.25, 0.3) is 10.9 Å². The number of nitrogens with one attached hydrogen (secondary N) is 1. The van der Waals surface area contributed by atoms with Crippen molar-refractivity contribution in [3.8, 4) is 0 Å². The minimum Gasteiger partial charge on any atom is -0.543 e. The number of hydrogen-bond acceptors (Lipinski definition) is 3. The summed E-state index contributed by atoms with van der Waals surface area (Å²) in [6.45, 7) is -0.0885. The fourth-order valence-corrected chi connectivity index (χ4v) is 2.40. The molecule has 0 saturated carbocycles. The summed E-state index contributed by atoms with van der Waals surface area (Å²) < 4.78 is 14.4. The van der Waals surface area contributed by atoms with Crippen molar-refractivity contribution in [2.75, 3.05) is 6.61 Å². The van der Waals surface area contributed by atoms with Gasteiger partial charge in [0.25, 0.3) is 0 Å². The van der Waals surface area contributed by atoms with Crippen molar-refractivity contribution in [2.24, 2.45) is 0 Å². The highest BCUT2D eigenvalue weighted by molar-refractivity contribution is 9.10. The molecule has 0 radical (unpaired) electrons. The van der Waals surface area contributed by atoms with Crippen LogP contribution in [0, 0.1) is 5.82 Å². The molecule has 2 aromatic rings. The third kappa shape index (κ3) is 2.13. The van der Waals surface area contributed by atoms with Crippen LogP contribution in [0.4, 0.5) is 4.39 Å². The first-order valence-electron chi connectivity index (χ1n) is 5.37. The molecule has 0 saturated heterocycles. The molecule has 0 atom stereocenters. The van der Waals surface area contributed by atoms with Gasteiger partial charge in [0.05, 0.1) is 17.2 Å². The van der Waals surface area contributed by atoms with Crippen molar-refractivity contribution < 1.29 is 19.4 Å². The number of aliphatic hydroxyl groups is 1. The molecular weight excluding hydrogens is 305 g/mol. The van der Waals surface area contributed by atoms with Crippen LogP contribution in [0.1, 0.15) is 22.5 Å². The lowest BCUT2D eigenvalue weighted by Crippen LogP contribution is -2.24. The molecule has 2 N–H and O–H groups in total. The summed E-state index contributed by atoms with van der Waals surface area (Å²) in [6.07, 6.45) is 0.631. The van der Waals surface area contributed by atoms with Gasteiger partial charge < -0.3 is 20.0 Å². The van der Waals surface area contributed by atoms with Gasteiger partial charge in [-0.05, 0) is 46.5 Å². The van der Waals surface area contributed by atoms with Crippen LogP contribution in [-0.2, 0) is 6.42 Å². The molecule has 0 aliphatic heterocycles. The molecule has 1 heterocycles. The number of aromatic carboxylic acids is 1. The molecule has 1 aromatic carbocycles. The largest absolute Gasteiger partial charge is 0.543 e. The van der Waals surface area contributed by atoms with E-state index in [0.717, 1.165) is 0 Å². The molecule has 0 aliphatic carbocycles. The van der Waals surface area contributed by atoms with Crippen LogP contribution in [-0.4, -0.2) is 22.7 Å². The average molecular weight is 315 g/mol. The highest BCUT2D eigenvalue weighted by Gasteiger charge is 2.17. The number of benzene rings is 1. The molecule has 0 bridgehead atoms. The minimum atomic E-state index is -1.38. The molecule has 0 amide bonds. The van der Waals surface area contributed by atoms with Gasteiger partial charge in [0.1, 0.15) is 5.82 Å². The smallest absolute Gasteiger partial charge is 0.132 e. The summed E-state index contributed by atoms with van der Waals surface area (Å²) in [4.78, 5) is 13.7. The van der Waals surface area contributed by atoms with E-state index in [1.165, 1.54) is 12.1 Å². The van der Waals surface area contributed by atoms with Crippen molar-refractivity contribution >= 4 is 32.8 Å². The number of H-pyrrole nitrogens is 1. The van der Waals surface area contributed by atoms with E-state index in [-0.39, 0.29) is 24.1 Å². The summed E-state index contributed by atoms with van der Waals surface area (Å²) in [6, 6.07) is 2.77. The number of carboxylic acids is 1. The highest BCUT2D eigenvalue weighted by Crippen LogP contribution is 2.31. The first-order chi connectivity index (χ1) is 8.56. The zero-order valence-electron chi connectivity index (χ0n) is 9.30. The van der Waals surface area contributed by atoms with E-state index < -0.39 is 11.8 Å². The topological polar surface area (TPSA) is 76.1 Å². The van der Waals surface area contributed by atoms with E-state index in [2.05, 4.69) is 20.9 Å². The molecule has 1 aromatic heterocycles. The Morgan fingerprint density at radius 1 is 1.50 bits per heavy atom. The van der Waals surface area contributed by atoms with Crippen LogP contribution in [0.3, 0.4) is 0 Å². The van der Waals surface area contributed by atoms with Gasteiger partial charge in [-0.3, -0.25) is 0 Å². The second kappa shape index (κ2) is 5.07. The minimum absolute atomic E-state index is 0.0885. The summed E-state index contributed by atoms with van der Waals surface area (Å²) >= 11 is 3.24. The van der Waals surface area contributed by atoms with Gasteiger partial charge in [-0.15, -0.1) is 0 Å². The number of hydrogen-bond donors (Lipinski definition) is 2. The number of aromatic nitrogens is 1. The Morgan fingerprint density at radius 2 is 2.22 bits per heavy atom. The monoisotopic (exact) mass is 314 g/mol. The van der Waals surface area contributed by atoms with Crippen molar-refractivity contribution in [3.05, 3.63) is 33.7 Å². The number of carbonyl (C=O) groups excluding carboxylic acids is 1. The number of carboxylic acid groups (broad SMARTS) is 1. The number of fused-ring (bicyclic) bond motifs is 1. The first kappa shape index (κ1) is 13.0. The molecular formula is C12H10BrFNO3-. The molecule has 0 fully saturated rings. The van der Waals surface area contributed by atoms with Crippen molar-refractivity contribution in [2.45, 2.75) is 12.8 Å². The number of aromatic amines is 1. The molecule has 0 aliphatic rings. The van der Waals surface area contributed by atoms with Gasteiger partial charge in [0, 0.05) is 16.5 Å². The van der Waals surface area contributed by atoms with E-state index in [0.29, 0.717) is 22.0 Å². The van der Waals surface area contributed by atoms with Gasteiger partial charge in [-0.1, -0.05) is 0 Å². The lowest BCUT2D eigenvalue weighted by Gasteiger charge is -2.04. The zero-order chi connectivity index (χ0) is 13.3. The Labute approximate surface area is 111 Å². The Morgan fingerprint density at radius 3 is 2.83 bits per heavy atom.